The summed E-state index contributed by atoms with van der Waals surface area (Å²) < 4.78 is 10.5. The monoisotopic (exact) mass is 373 g/mol. The van der Waals surface area contributed by atoms with E-state index in [1.165, 1.54) is 30.4 Å². The summed E-state index contributed by atoms with van der Waals surface area (Å²) in [4.78, 5) is 25.1. The van der Waals surface area contributed by atoms with E-state index in [4.69, 9.17) is 26.8 Å². The topological polar surface area (TPSA) is 78.6 Å². The van der Waals surface area contributed by atoms with Gasteiger partial charge >= 0.3 is 5.97 Å². The molecule has 2 aromatic rings. The number of hydrogen-bond acceptors (Lipinski definition) is 5. The average molecular weight is 374 g/mol. The van der Waals surface area contributed by atoms with Crippen LogP contribution in [0.25, 0.3) is 0 Å². The number of ether oxygens (including phenoxy) is 2. The van der Waals surface area contributed by atoms with Crippen LogP contribution in [-0.4, -0.2) is 25.0 Å². The van der Waals surface area contributed by atoms with E-state index >= 15 is 0 Å². The number of esters is 1. The Balaban J connectivity index is 1.77. The number of Topliss-reactive ketones (excluding diaryl/α,β-unsaturated/α-hetero) is 1. The molecule has 0 bridgehead atoms. The van der Waals surface area contributed by atoms with Crippen molar-refractivity contribution in [1.29, 1.82) is 0 Å². The van der Waals surface area contributed by atoms with Gasteiger partial charge in [0.1, 0.15) is 11.3 Å². The summed E-state index contributed by atoms with van der Waals surface area (Å²) in [7, 11) is 1.42. The SMILES string of the molecule is COc1cc(N)c(Cl)cc1C(=O)O[C@H](C)C(=O)c1ccc2c(c1)CCC2. The quantitative estimate of drug-likeness (QED) is 0.489. The second-order valence-corrected chi connectivity index (χ2v) is 6.73. The maximum Gasteiger partial charge on any atom is 0.342 e. The highest BCUT2D eigenvalue weighted by atomic mass is 35.5. The first-order valence-corrected chi connectivity index (χ1v) is 8.78. The maximum atomic E-state index is 12.6. The van der Waals surface area contributed by atoms with E-state index in [1.807, 2.05) is 12.1 Å². The Morgan fingerprint density at radius 2 is 1.88 bits per heavy atom. The molecule has 0 saturated carbocycles. The Hall–Kier alpha value is -2.53. The predicted octanol–water partition coefficient (Wildman–Crippen LogP) is 3.85. The van der Waals surface area contributed by atoms with Crippen LogP contribution in [-0.2, 0) is 17.6 Å². The van der Waals surface area contributed by atoms with Gasteiger partial charge in [-0.1, -0.05) is 23.7 Å². The minimum atomic E-state index is -0.928. The van der Waals surface area contributed by atoms with Crippen molar-refractivity contribution in [2.75, 3.05) is 12.8 Å². The summed E-state index contributed by atoms with van der Waals surface area (Å²) in [5.74, 6) is -0.687. The Bertz CT molecular complexity index is 878. The highest BCUT2D eigenvalue weighted by Gasteiger charge is 2.24. The smallest absolute Gasteiger partial charge is 0.342 e. The summed E-state index contributed by atoms with van der Waals surface area (Å²) in [6.07, 6.45) is 2.20. The molecule has 6 heteroatoms. The summed E-state index contributed by atoms with van der Waals surface area (Å²) in [5.41, 5.74) is 9.17. The first kappa shape index (κ1) is 18.3. The standard InChI is InChI=1S/C20H20ClNO4/c1-11(19(23)14-7-6-12-4-3-5-13(12)8-14)26-20(24)15-9-16(21)17(22)10-18(15)25-2/h6-11H,3-5,22H2,1-2H3/t11-/m1/s1. The lowest BCUT2D eigenvalue weighted by atomic mass is 10.0. The number of carbonyl (C=O) groups is 2. The second kappa shape index (κ2) is 7.38. The largest absolute Gasteiger partial charge is 0.496 e. The van der Waals surface area contributed by atoms with Gasteiger partial charge in [-0.15, -0.1) is 0 Å². The molecule has 0 aliphatic heterocycles. The van der Waals surface area contributed by atoms with Gasteiger partial charge in [0.25, 0.3) is 0 Å². The number of nitrogen functional groups attached to an aromatic ring is 1. The van der Waals surface area contributed by atoms with Gasteiger partial charge in [-0.25, -0.2) is 4.79 Å². The fourth-order valence-corrected chi connectivity index (χ4v) is 3.30. The number of hydrogen-bond donors (Lipinski definition) is 1. The number of aryl methyl sites for hydroxylation is 2. The van der Waals surface area contributed by atoms with Crippen LogP contribution < -0.4 is 10.5 Å². The number of ketones is 1. The van der Waals surface area contributed by atoms with Crippen LogP contribution in [0.15, 0.2) is 30.3 Å². The molecule has 3 rings (SSSR count). The molecular weight excluding hydrogens is 354 g/mol. The molecule has 0 heterocycles. The molecule has 0 unspecified atom stereocenters. The van der Waals surface area contributed by atoms with Crippen molar-refractivity contribution in [3.8, 4) is 5.75 Å². The van der Waals surface area contributed by atoms with Gasteiger partial charge in [0.05, 0.1) is 17.8 Å². The summed E-state index contributed by atoms with van der Waals surface area (Å²) in [6.45, 7) is 1.55. The lowest BCUT2D eigenvalue weighted by molar-refractivity contribution is 0.0316. The number of anilines is 1. The lowest BCUT2D eigenvalue weighted by Gasteiger charge is -2.15. The molecule has 0 spiro atoms. The highest BCUT2D eigenvalue weighted by Crippen LogP contribution is 2.30. The Labute approximate surface area is 157 Å². The van der Waals surface area contributed by atoms with E-state index in [0.717, 1.165) is 19.3 Å². The molecule has 0 aromatic heterocycles. The highest BCUT2D eigenvalue weighted by molar-refractivity contribution is 6.33. The molecule has 1 atom stereocenters. The molecule has 1 aliphatic rings. The van der Waals surface area contributed by atoms with E-state index in [2.05, 4.69) is 0 Å². The zero-order valence-electron chi connectivity index (χ0n) is 14.7. The molecule has 136 valence electrons. The molecular formula is C20H20ClNO4. The van der Waals surface area contributed by atoms with E-state index in [1.54, 1.807) is 13.0 Å². The number of benzene rings is 2. The van der Waals surface area contributed by atoms with Gasteiger partial charge in [0.2, 0.25) is 5.78 Å². The Morgan fingerprint density at radius 3 is 2.62 bits per heavy atom. The lowest BCUT2D eigenvalue weighted by Crippen LogP contribution is -2.25. The van der Waals surface area contributed by atoms with Crippen molar-refractivity contribution in [3.05, 3.63) is 57.6 Å². The molecule has 0 radical (unpaired) electrons. The predicted molar refractivity (Wildman–Crippen MR) is 100 cm³/mol. The first-order valence-electron chi connectivity index (χ1n) is 8.40. The number of methoxy groups -OCH3 is 1. The summed E-state index contributed by atoms with van der Waals surface area (Å²) in [6, 6.07) is 8.50. The number of fused-ring (bicyclic) bond motifs is 1. The number of carbonyl (C=O) groups excluding carboxylic acids is 2. The first-order chi connectivity index (χ1) is 12.4. The van der Waals surface area contributed by atoms with Crippen molar-refractivity contribution in [2.45, 2.75) is 32.3 Å². The van der Waals surface area contributed by atoms with Crippen LogP contribution in [0.5, 0.6) is 5.75 Å². The van der Waals surface area contributed by atoms with Crippen molar-refractivity contribution in [2.24, 2.45) is 0 Å². The van der Waals surface area contributed by atoms with E-state index in [9.17, 15) is 9.59 Å². The molecule has 0 amide bonds. The van der Waals surface area contributed by atoms with Crippen molar-refractivity contribution in [3.63, 3.8) is 0 Å². The van der Waals surface area contributed by atoms with Crippen molar-refractivity contribution < 1.29 is 19.1 Å². The molecule has 26 heavy (non-hydrogen) atoms. The van der Waals surface area contributed by atoms with Crippen molar-refractivity contribution in [1.82, 2.24) is 0 Å². The minimum Gasteiger partial charge on any atom is -0.496 e. The maximum absolute atomic E-state index is 12.6. The number of rotatable bonds is 5. The molecule has 0 saturated heterocycles. The van der Waals surface area contributed by atoms with E-state index in [0.29, 0.717) is 11.3 Å². The molecule has 5 nitrogen and oxygen atoms in total. The zero-order valence-corrected chi connectivity index (χ0v) is 15.4. The van der Waals surface area contributed by atoms with Gasteiger partial charge in [0, 0.05) is 11.6 Å². The molecule has 2 aromatic carbocycles. The number of halogens is 1. The van der Waals surface area contributed by atoms with Gasteiger partial charge in [-0.05, 0) is 49.4 Å². The van der Waals surface area contributed by atoms with Crippen LogP contribution in [0.1, 0.15) is 45.2 Å². The van der Waals surface area contributed by atoms with Crippen LogP contribution in [0.3, 0.4) is 0 Å². The fraction of sp³-hybridized carbons (Fsp3) is 0.300. The second-order valence-electron chi connectivity index (χ2n) is 6.32. The summed E-state index contributed by atoms with van der Waals surface area (Å²) >= 11 is 5.98. The van der Waals surface area contributed by atoms with E-state index in [-0.39, 0.29) is 22.1 Å². The third-order valence-electron chi connectivity index (χ3n) is 4.57. The van der Waals surface area contributed by atoms with Crippen LogP contribution in [0.2, 0.25) is 5.02 Å². The molecule has 1 aliphatic carbocycles. The molecule has 0 fully saturated rings. The summed E-state index contributed by atoms with van der Waals surface area (Å²) in [5, 5.41) is 0.218. The van der Waals surface area contributed by atoms with Gasteiger partial charge < -0.3 is 15.2 Å². The average Bonchev–Trinajstić information content (AvgIpc) is 3.10. The van der Waals surface area contributed by atoms with Gasteiger partial charge in [0.15, 0.2) is 6.10 Å². The minimum absolute atomic E-state index is 0.125. The normalized spacial score (nSPS) is 13.8. The van der Waals surface area contributed by atoms with Gasteiger partial charge in [-0.2, -0.15) is 0 Å². The third kappa shape index (κ3) is 3.53. The Morgan fingerprint density at radius 1 is 1.15 bits per heavy atom. The van der Waals surface area contributed by atoms with Crippen molar-refractivity contribution >= 4 is 29.0 Å². The van der Waals surface area contributed by atoms with Crippen LogP contribution >= 0.6 is 11.6 Å². The third-order valence-corrected chi connectivity index (χ3v) is 4.90. The zero-order chi connectivity index (χ0) is 18.8. The Kier molecular flexibility index (Phi) is 5.18. The fourth-order valence-electron chi connectivity index (χ4n) is 3.13. The van der Waals surface area contributed by atoms with Crippen LogP contribution in [0.4, 0.5) is 5.69 Å². The van der Waals surface area contributed by atoms with Gasteiger partial charge in [-0.3, -0.25) is 4.79 Å². The van der Waals surface area contributed by atoms with Crippen LogP contribution in [0, 0.1) is 0 Å². The number of nitrogens with two attached hydrogens (primary N) is 1. The molecule has 2 N–H and O–H groups in total. The van der Waals surface area contributed by atoms with E-state index < -0.39 is 12.1 Å².